The minimum Gasteiger partial charge on any atom is -0.451 e. The van der Waals surface area contributed by atoms with Gasteiger partial charge in [-0.05, 0) is 51.1 Å². The molecule has 0 fully saturated rings. The number of halogens is 1. The Balaban J connectivity index is 1.95. The van der Waals surface area contributed by atoms with Crippen LogP contribution >= 0.6 is 0 Å². The van der Waals surface area contributed by atoms with Gasteiger partial charge in [-0.15, -0.1) is 0 Å². The van der Waals surface area contributed by atoms with Crippen molar-refractivity contribution in [1.82, 2.24) is 4.72 Å². The first kappa shape index (κ1) is 21.5. The number of hydrogen-bond donors (Lipinski definition) is 2. The van der Waals surface area contributed by atoms with E-state index in [1.54, 1.807) is 12.1 Å². The summed E-state index contributed by atoms with van der Waals surface area (Å²) in [5, 5.41) is 2.41. The molecule has 28 heavy (non-hydrogen) atoms. The average molecular weight is 408 g/mol. The summed E-state index contributed by atoms with van der Waals surface area (Å²) >= 11 is 0. The Morgan fingerprint density at radius 3 is 2.32 bits per heavy atom. The van der Waals surface area contributed by atoms with Crippen LogP contribution in [0.1, 0.15) is 19.4 Å². The molecule has 2 rings (SSSR count). The number of aryl methyl sites for hydroxylation is 1. The summed E-state index contributed by atoms with van der Waals surface area (Å²) in [5.41, 5.74) is 1.10. The van der Waals surface area contributed by atoms with E-state index in [2.05, 4.69) is 10.0 Å². The molecule has 0 unspecified atom stereocenters. The van der Waals surface area contributed by atoms with Crippen molar-refractivity contribution in [3.63, 3.8) is 0 Å². The van der Waals surface area contributed by atoms with Gasteiger partial charge in [-0.3, -0.25) is 9.59 Å². The average Bonchev–Trinajstić information content (AvgIpc) is 2.61. The highest BCUT2D eigenvalue weighted by molar-refractivity contribution is 7.89. The van der Waals surface area contributed by atoms with Crippen molar-refractivity contribution < 1.29 is 27.1 Å². The Morgan fingerprint density at radius 1 is 1.07 bits per heavy atom. The highest BCUT2D eigenvalue weighted by Gasteiger charge is 2.26. The molecule has 2 aromatic carbocycles. The number of anilines is 1. The van der Waals surface area contributed by atoms with Crippen LogP contribution in [0.25, 0.3) is 0 Å². The Labute approximate surface area is 163 Å². The molecule has 0 spiro atoms. The minimum absolute atomic E-state index is 0.00893. The van der Waals surface area contributed by atoms with Crippen molar-refractivity contribution in [2.24, 2.45) is 0 Å². The third-order valence-electron chi connectivity index (χ3n) is 3.77. The predicted molar refractivity (Wildman–Crippen MR) is 102 cm³/mol. The molecule has 7 nitrogen and oxygen atoms in total. The summed E-state index contributed by atoms with van der Waals surface area (Å²) in [7, 11) is -3.92. The number of rotatable bonds is 7. The molecule has 0 saturated heterocycles. The molecule has 0 aliphatic rings. The van der Waals surface area contributed by atoms with Crippen molar-refractivity contribution in [2.45, 2.75) is 37.8 Å². The number of amides is 1. The minimum atomic E-state index is -3.92. The fraction of sp³-hybridized carbons (Fsp3) is 0.263. The monoisotopic (exact) mass is 408 g/mol. The Kier molecular flexibility index (Phi) is 6.87. The smallest absolute Gasteiger partial charge is 0.324 e. The first-order chi connectivity index (χ1) is 13.1. The number of sulfonamides is 1. The molecule has 1 amide bonds. The first-order valence-corrected chi connectivity index (χ1v) is 9.93. The van der Waals surface area contributed by atoms with Gasteiger partial charge in [0.05, 0.1) is 4.90 Å². The normalized spacial score (nSPS) is 13.4. The van der Waals surface area contributed by atoms with E-state index in [0.717, 1.165) is 11.6 Å². The van der Waals surface area contributed by atoms with Gasteiger partial charge in [0.25, 0.3) is 5.91 Å². The van der Waals surface area contributed by atoms with Gasteiger partial charge in [0.1, 0.15) is 11.9 Å². The van der Waals surface area contributed by atoms with E-state index in [-0.39, 0.29) is 10.6 Å². The lowest BCUT2D eigenvalue weighted by Gasteiger charge is -2.17. The number of hydrogen-bond acceptors (Lipinski definition) is 5. The lowest BCUT2D eigenvalue weighted by atomic mass is 10.2. The van der Waals surface area contributed by atoms with Crippen molar-refractivity contribution in [3.8, 4) is 0 Å². The topological polar surface area (TPSA) is 102 Å². The van der Waals surface area contributed by atoms with Crippen LogP contribution in [-0.4, -0.2) is 32.4 Å². The molecule has 0 aliphatic heterocycles. The number of esters is 1. The number of carbonyl (C=O) groups is 2. The van der Waals surface area contributed by atoms with Gasteiger partial charge in [0.2, 0.25) is 10.0 Å². The maximum Gasteiger partial charge on any atom is 0.324 e. The van der Waals surface area contributed by atoms with Crippen molar-refractivity contribution in [1.29, 1.82) is 0 Å². The zero-order valence-corrected chi connectivity index (χ0v) is 16.4. The molecule has 2 atom stereocenters. The van der Waals surface area contributed by atoms with Crippen molar-refractivity contribution in [3.05, 3.63) is 59.9 Å². The number of benzene rings is 2. The number of nitrogens with one attached hydrogen (secondary N) is 2. The molecule has 0 aliphatic carbocycles. The van der Waals surface area contributed by atoms with Gasteiger partial charge >= 0.3 is 5.97 Å². The van der Waals surface area contributed by atoms with Crippen LogP contribution in [0.15, 0.2) is 53.4 Å². The summed E-state index contributed by atoms with van der Waals surface area (Å²) in [5.74, 6) is -2.12. The molecule has 0 heterocycles. The summed E-state index contributed by atoms with van der Waals surface area (Å²) in [6.07, 6.45) is -1.21. The van der Waals surface area contributed by atoms with Gasteiger partial charge in [-0.2, -0.15) is 4.72 Å². The van der Waals surface area contributed by atoms with Crippen LogP contribution in [0, 0.1) is 12.7 Å². The Bertz CT molecular complexity index is 961. The summed E-state index contributed by atoms with van der Waals surface area (Å²) in [6.45, 7) is 4.46. The van der Waals surface area contributed by atoms with Crippen LogP contribution in [0.4, 0.5) is 10.1 Å². The van der Waals surface area contributed by atoms with E-state index in [0.29, 0.717) is 0 Å². The zero-order chi connectivity index (χ0) is 20.9. The second kappa shape index (κ2) is 8.94. The van der Waals surface area contributed by atoms with Gasteiger partial charge < -0.3 is 10.1 Å². The van der Waals surface area contributed by atoms with E-state index in [1.165, 1.54) is 44.2 Å². The van der Waals surface area contributed by atoms with E-state index in [4.69, 9.17) is 4.74 Å². The van der Waals surface area contributed by atoms with Crippen molar-refractivity contribution >= 4 is 27.6 Å². The van der Waals surface area contributed by atoms with E-state index < -0.39 is 39.9 Å². The van der Waals surface area contributed by atoms with Gasteiger partial charge in [0, 0.05) is 5.69 Å². The Morgan fingerprint density at radius 2 is 1.71 bits per heavy atom. The molecular formula is C19H21FN2O5S. The van der Waals surface area contributed by atoms with Gasteiger partial charge in [0.15, 0.2) is 6.10 Å². The summed E-state index contributed by atoms with van der Waals surface area (Å²) < 4.78 is 45.0. The van der Waals surface area contributed by atoms with Gasteiger partial charge in [-0.1, -0.05) is 23.8 Å². The molecule has 9 heteroatoms. The van der Waals surface area contributed by atoms with Gasteiger partial charge in [-0.25, -0.2) is 12.8 Å². The van der Waals surface area contributed by atoms with Crippen LogP contribution in [-0.2, 0) is 24.3 Å². The van der Waals surface area contributed by atoms with Crippen LogP contribution in [0.2, 0.25) is 0 Å². The quantitative estimate of drug-likeness (QED) is 0.685. The third kappa shape index (κ3) is 5.86. The molecule has 2 N–H and O–H groups in total. The fourth-order valence-electron chi connectivity index (χ4n) is 2.21. The second-order valence-corrected chi connectivity index (χ2v) is 7.95. The van der Waals surface area contributed by atoms with E-state index in [1.807, 2.05) is 6.92 Å². The van der Waals surface area contributed by atoms with E-state index >= 15 is 0 Å². The van der Waals surface area contributed by atoms with E-state index in [9.17, 15) is 22.4 Å². The lowest BCUT2D eigenvalue weighted by molar-refractivity contribution is -0.154. The van der Waals surface area contributed by atoms with Crippen LogP contribution < -0.4 is 10.0 Å². The SMILES string of the molecule is Cc1ccc(S(=O)(=O)N[C@@H](C)C(=O)O[C@H](C)C(=O)Nc2cccc(F)c2)cc1. The highest BCUT2D eigenvalue weighted by atomic mass is 32.2. The molecule has 2 aromatic rings. The molecular weight excluding hydrogens is 387 g/mol. The first-order valence-electron chi connectivity index (χ1n) is 8.44. The largest absolute Gasteiger partial charge is 0.451 e. The molecule has 0 saturated carbocycles. The van der Waals surface area contributed by atoms with Crippen LogP contribution in [0.5, 0.6) is 0 Å². The zero-order valence-electron chi connectivity index (χ0n) is 15.6. The summed E-state index contributed by atoms with van der Waals surface area (Å²) in [4.78, 5) is 24.2. The molecule has 0 aromatic heterocycles. The lowest BCUT2D eigenvalue weighted by Crippen LogP contribution is -2.42. The fourth-order valence-corrected chi connectivity index (χ4v) is 3.40. The molecule has 0 bridgehead atoms. The highest BCUT2D eigenvalue weighted by Crippen LogP contribution is 2.12. The maximum absolute atomic E-state index is 13.2. The second-order valence-electron chi connectivity index (χ2n) is 6.23. The third-order valence-corrected chi connectivity index (χ3v) is 5.33. The molecule has 150 valence electrons. The predicted octanol–water partition coefficient (Wildman–Crippen LogP) is 2.37. The maximum atomic E-state index is 13.2. The van der Waals surface area contributed by atoms with Crippen LogP contribution in [0.3, 0.4) is 0 Å². The summed E-state index contributed by atoms with van der Waals surface area (Å²) in [6, 6.07) is 10.1. The Hall–Kier alpha value is -2.78. The number of ether oxygens (including phenoxy) is 1. The number of carbonyl (C=O) groups excluding carboxylic acids is 2. The molecule has 0 radical (unpaired) electrons. The standard InChI is InChI=1S/C19H21FN2O5S/c1-12-7-9-17(10-8-12)28(25,26)22-13(2)19(24)27-14(3)18(23)21-16-6-4-5-15(20)11-16/h4-11,13-14,22H,1-3H3,(H,21,23)/t13-,14+/m0/s1. The van der Waals surface area contributed by atoms with Crippen molar-refractivity contribution in [2.75, 3.05) is 5.32 Å².